The Bertz CT molecular complexity index is 239. The van der Waals surface area contributed by atoms with Crippen molar-refractivity contribution in [3.63, 3.8) is 0 Å². The van der Waals surface area contributed by atoms with E-state index >= 15 is 0 Å². The molecule has 0 aromatic carbocycles. The monoisotopic (exact) mass is 201 g/mol. The van der Waals surface area contributed by atoms with Crippen LogP contribution in [0.3, 0.4) is 0 Å². The molecular weight excluding hydrogens is 186 g/mol. The Hall–Kier alpha value is -0.550. The zero-order valence-electron chi connectivity index (χ0n) is 8.04. The average molecular weight is 201 g/mol. The Kier molecular flexibility index (Phi) is 4.85. The molecule has 0 saturated carbocycles. The Balaban J connectivity index is 2.06. The van der Waals surface area contributed by atoms with Gasteiger partial charge in [-0.05, 0) is 6.26 Å². The number of nitrogens with zero attached hydrogens (tertiary/aromatic N) is 2. The standard InChI is InChI=1S/C8H15N3OS/c1-7-10-8(11-12-7)3-4-9-5-6-13-2/h9H,3-6H2,1-2H3. The molecule has 0 atom stereocenters. The van der Waals surface area contributed by atoms with Gasteiger partial charge in [0.15, 0.2) is 5.82 Å². The lowest BCUT2D eigenvalue weighted by atomic mass is 10.4. The molecule has 0 aliphatic heterocycles. The van der Waals surface area contributed by atoms with Gasteiger partial charge < -0.3 is 9.84 Å². The first-order valence-corrected chi connectivity index (χ1v) is 5.71. The fourth-order valence-corrected chi connectivity index (χ4v) is 1.29. The van der Waals surface area contributed by atoms with Gasteiger partial charge in [0, 0.05) is 32.2 Å². The molecule has 5 heteroatoms. The van der Waals surface area contributed by atoms with Crippen molar-refractivity contribution in [1.82, 2.24) is 15.5 Å². The molecule has 0 radical (unpaired) electrons. The van der Waals surface area contributed by atoms with Crippen molar-refractivity contribution in [2.45, 2.75) is 13.3 Å². The van der Waals surface area contributed by atoms with Crippen LogP contribution in [-0.2, 0) is 6.42 Å². The highest BCUT2D eigenvalue weighted by atomic mass is 32.2. The summed E-state index contributed by atoms with van der Waals surface area (Å²) in [6, 6.07) is 0. The van der Waals surface area contributed by atoms with Crippen LogP contribution in [0, 0.1) is 6.92 Å². The van der Waals surface area contributed by atoms with E-state index in [0.29, 0.717) is 5.89 Å². The summed E-state index contributed by atoms with van der Waals surface area (Å²) >= 11 is 1.84. The molecule has 4 nitrogen and oxygen atoms in total. The van der Waals surface area contributed by atoms with Gasteiger partial charge in [0.05, 0.1) is 0 Å². The van der Waals surface area contributed by atoms with Crippen LogP contribution in [0.4, 0.5) is 0 Å². The number of hydrogen-bond acceptors (Lipinski definition) is 5. The Morgan fingerprint density at radius 1 is 1.46 bits per heavy atom. The summed E-state index contributed by atoms with van der Waals surface area (Å²) in [5, 5.41) is 7.10. The summed E-state index contributed by atoms with van der Waals surface area (Å²) in [6.07, 6.45) is 2.94. The van der Waals surface area contributed by atoms with E-state index in [0.717, 1.165) is 31.1 Å². The maximum absolute atomic E-state index is 4.85. The lowest BCUT2D eigenvalue weighted by Gasteiger charge is -1.99. The van der Waals surface area contributed by atoms with E-state index in [2.05, 4.69) is 21.7 Å². The van der Waals surface area contributed by atoms with Gasteiger partial charge in [0.25, 0.3) is 0 Å². The van der Waals surface area contributed by atoms with Crippen LogP contribution in [0.1, 0.15) is 11.7 Å². The predicted molar refractivity (Wildman–Crippen MR) is 54.0 cm³/mol. The first kappa shape index (κ1) is 10.5. The molecule has 0 saturated heterocycles. The number of nitrogens with one attached hydrogen (secondary N) is 1. The molecule has 1 aromatic rings. The summed E-state index contributed by atoms with van der Waals surface area (Å²) in [6.45, 7) is 3.76. The Morgan fingerprint density at radius 2 is 2.31 bits per heavy atom. The molecule has 0 amide bonds. The SMILES string of the molecule is CSCCNCCc1noc(C)n1. The van der Waals surface area contributed by atoms with Crippen molar-refractivity contribution < 1.29 is 4.52 Å². The molecule has 74 valence electrons. The minimum atomic E-state index is 0.638. The Labute approximate surface area is 82.5 Å². The van der Waals surface area contributed by atoms with Gasteiger partial charge in [-0.1, -0.05) is 5.16 Å². The largest absolute Gasteiger partial charge is 0.340 e. The van der Waals surface area contributed by atoms with Crippen molar-refractivity contribution in [1.29, 1.82) is 0 Å². The highest BCUT2D eigenvalue weighted by Gasteiger charge is 2.00. The van der Waals surface area contributed by atoms with Gasteiger partial charge in [-0.3, -0.25) is 0 Å². The third-order valence-corrected chi connectivity index (χ3v) is 2.19. The first-order valence-electron chi connectivity index (χ1n) is 4.32. The first-order chi connectivity index (χ1) is 6.33. The van der Waals surface area contributed by atoms with Crippen molar-refractivity contribution in [3.05, 3.63) is 11.7 Å². The van der Waals surface area contributed by atoms with Gasteiger partial charge >= 0.3 is 0 Å². The van der Waals surface area contributed by atoms with Crippen LogP contribution in [0.25, 0.3) is 0 Å². The Morgan fingerprint density at radius 3 is 2.92 bits per heavy atom. The number of hydrogen-bond donors (Lipinski definition) is 1. The van der Waals surface area contributed by atoms with Crippen LogP contribution in [0.5, 0.6) is 0 Å². The van der Waals surface area contributed by atoms with Crippen LogP contribution in [-0.4, -0.2) is 35.2 Å². The van der Waals surface area contributed by atoms with E-state index in [1.165, 1.54) is 0 Å². The molecule has 0 aliphatic rings. The van der Waals surface area contributed by atoms with Gasteiger partial charge in [-0.15, -0.1) is 0 Å². The van der Waals surface area contributed by atoms with E-state index < -0.39 is 0 Å². The predicted octanol–water partition coefficient (Wildman–Crippen LogP) is 0.873. The third kappa shape index (κ3) is 4.28. The van der Waals surface area contributed by atoms with Gasteiger partial charge in [0.2, 0.25) is 5.89 Å². The second-order valence-corrected chi connectivity index (χ2v) is 3.71. The summed E-state index contributed by atoms with van der Waals surface area (Å²) < 4.78 is 4.85. The summed E-state index contributed by atoms with van der Waals surface area (Å²) in [5.74, 6) is 2.57. The molecule has 1 aromatic heterocycles. The summed E-state index contributed by atoms with van der Waals surface area (Å²) in [4.78, 5) is 4.11. The van der Waals surface area contributed by atoms with Crippen LogP contribution >= 0.6 is 11.8 Å². The molecule has 0 spiro atoms. The van der Waals surface area contributed by atoms with Crippen molar-refractivity contribution in [2.24, 2.45) is 0 Å². The molecule has 1 N–H and O–H groups in total. The van der Waals surface area contributed by atoms with Crippen molar-refractivity contribution in [3.8, 4) is 0 Å². The van der Waals surface area contributed by atoms with Crippen LogP contribution in [0.15, 0.2) is 4.52 Å². The van der Waals surface area contributed by atoms with E-state index in [9.17, 15) is 0 Å². The molecular formula is C8H15N3OS. The average Bonchev–Trinajstić information content (AvgIpc) is 2.51. The molecule has 13 heavy (non-hydrogen) atoms. The number of aromatic nitrogens is 2. The van der Waals surface area contributed by atoms with E-state index in [-0.39, 0.29) is 0 Å². The lowest BCUT2D eigenvalue weighted by molar-refractivity contribution is 0.387. The molecule has 0 unspecified atom stereocenters. The quantitative estimate of drug-likeness (QED) is 0.692. The van der Waals surface area contributed by atoms with Crippen LogP contribution < -0.4 is 5.32 Å². The molecule has 0 bridgehead atoms. The number of rotatable bonds is 6. The smallest absolute Gasteiger partial charge is 0.223 e. The van der Waals surface area contributed by atoms with Crippen molar-refractivity contribution in [2.75, 3.05) is 25.1 Å². The maximum Gasteiger partial charge on any atom is 0.223 e. The summed E-state index contributed by atoms with van der Waals surface area (Å²) in [5.41, 5.74) is 0. The second kappa shape index (κ2) is 5.99. The third-order valence-electron chi connectivity index (χ3n) is 1.58. The van der Waals surface area contributed by atoms with Gasteiger partial charge in [-0.2, -0.15) is 16.7 Å². The van der Waals surface area contributed by atoms with Crippen LogP contribution in [0.2, 0.25) is 0 Å². The highest BCUT2D eigenvalue weighted by Crippen LogP contribution is 1.94. The summed E-state index contributed by atoms with van der Waals surface area (Å²) in [7, 11) is 0. The molecule has 1 rings (SSSR count). The zero-order valence-corrected chi connectivity index (χ0v) is 8.86. The normalized spacial score (nSPS) is 10.6. The fraction of sp³-hybridized carbons (Fsp3) is 0.750. The fourth-order valence-electron chi connectivity index (χ4n) is 0.942. The minimum absolute atomic E-state index is 0.638. The maximum atomic E-state index is 4.85. The van der Waals surface area contributed by atoms with Gasteiger partial charge in [-0.25, -0.2) is 0 Å². The van der Waals surface area contributed by atoms with Crippen molar-refractivity contribution >= 4 is 11.8 Å². The highest BCUT2D eigenvalue weighted by molar-refractivity contribution is 7.98. The zero-order chi connectivity index (χ0) is 9.52. The van der Waals surface area contributed by atoms with E-state index in [4.69, 9.17) is 4.52 Å². The minimum Gasteiger partial charge on any atom is -0.340 e. The topological polar surface area (TPSA) is 51.0 Å². The van der Waals surface area contributed by atoms with E-state index in [1.807, 2.05) is 11.8 Å². The lowest BCUT2D eigenvalue weighted by Crippen LogP contribution is -2.20. The molecule has 1 heterocycles. The molecule has 0 fully saturated rings. The number of thioether (sulfide) groups is 1. The van der Waals surface area contributed by atoms with E-state index in [1.54, 1.807) is 6.92 Å². The van der Waals surface area contributed by atoms with Gasteiger partial charge in [0.1, 0.15) is 0 Å². The second-order valence-electron chi connectivity index (χ2n) is 2.72. The molecule has 0 aliphatic carbocycles. The number of aryl methyl sites for hydroxylation is 1.